The molecule has 26 heavy (non-hydrogen) atoms. The Morgan fingerprint density at radius 3 is 1.92 bits per heavy atom. The lowest BCUT2D eigenvalue weighted by atomic mass is 10.00. The molecule has 1 aromatic rings. The molecule has 0 unspecified atom stereocenters. The third kappa shape index (κ3) is 8.50. The van der Waals surface area contributed by atoms with Crippen LogP contribution in [0.5, 0.6) is 5.75 Å². The molecule has 144 valence electrons. The molecule has 1 aromatic carbocycles. The van der Waals surface area contributed by atoms with Crippen LogP contribution >= 0.6 is 0 Å². The predicted octanol–water partition coefficient (Wildman–Crippen LogP) is 5.46. The zero-order chi connectivity index (χ0) is 18.6. The van der Waals surface area contributed by atoms with Gasteiger partial charge in [0.25, 0.3) is 5.91 Å². The number of aryl methyl sites for hydroxylation is 2. The van der Waals surface area contributed by atoms with Crippen LogP contribution < -0.4 is 10.2 Å². The molecule has 1 fully saturated rings. The van der Waals surface area contributed by atoms with E-state index in [1.165, 1.54) is 57.8 Å². The Kier molecular flexibility index (Phi) is 9.22. The molecule has 4 nitrogen and oxygen atoms in total. The number of hydrogen-bond donors (Lipinski definition) is 1. The maximum Gasteiger partial charge on any atom is 0.277 e. The van der Waals surface area contributed by atoms with Gasteiger partial charge in [0.2, 0.25) is 0 Å². The molecule has 1 amide bonds. The van der Waals surface area contributed by atoms with Gasteiger partial charge in [0.05, 0.1) is 0 Å². The van der Waals surface area contributed by atoms with E-state index in [1.807, 2.05) is 26.0 Å². The number of rotatable bonds is 4. The smallest absolute Gasteiger partial charge is 0.277 e. The van der Waals surface area contributed by atoms with Crippen molar-refractivity contribution in [2.24, 2.45) is 5.10 Å². The second-order valence-corrected chi connectivity index (χ2v) is 7.51. The summed E-state index contributed by atoms with van der Waals surface area (Å²) < 4.78 is 5.60. The molecule has 0 aliphatic heterocycles. The minimum absolute atomic E-state index is 0.000324. The molecule has 0 radical (unpaired) electrons. The van der Waals surface area contributed by atoms with E-state index < -0.39 is 0 Å². The maximum atomic E-state index is 12.1. The number of carbonyl (C=O) groups is 1. The largest absolute Gasteiger partial charge is 0.484 e. The van der Waals surface area contributed by atoms with Crippen molar-refractivity contribution in [3.63, 3.8) is 0 Å². The van der Waals surface area contributed by atoms with E-state index >= 15 is 0 Å². The summed E-state index contributed by atoms with van der Waals surface area (Å²) in [6.07, 6.45) is 13.6. The van der Waals surface area contributed by atoms with Crippen molar-refractivity contribution in [2.75, 3.05) is 6.61 Å². The quantitative estimate of drug-likeness (QED) is 0.727. The normalized spacial score (nSPS) is 16.9. The fourth-order valence-corrected chi connectivity index (χ4v) is 3.47. The maximum absolute atomic E-state index is 12.1. The summed E-state index contributed by atoms with van der Waals surface area (Å²) in [5.74, 6) is 0.541. The fraction of sp³-hybridized carbons (Fsp3) is 0.636. The minimum atomic E-state index is -0.192. The van der Waals surface area contributed by atoms with Crippen molar-refractivity contribution in [3.05, 3.63) is 29.3 Å². The molecule has 0 saturated heterocycles. The number of hydrogen-bond acceptors (Lipinski definition) is 3. The number of hydrazone groups is 1. The molecule has 0 aromatic heterocycles. The molecule has 0 bridgehead atoms. The van der Waals surface area contributed by atoms with Crippen LogP contribution in [0.2, 0.25) is 0 Å². The van der Waals surface area contributed by atoms with Crippen LogP contribution in [0.4, 0.5) is 0 Å². The SMILES string of the molecule is Cc1cc(C)cc(OCC(=O)NN=C2CCCCCCCCCCC2)c1. The Morgan fingerprint density at radius 2 is 1.38 bits per heavy atom. The summed E-state index contributed by atoms with van der Waals surface area (Å²) >= 11 is 0. The molecular weight excluding hydrogens is 324 g/mol. The number of ether oxygens (including phenoxy) is 1. The van der Waals surface area contributed by atoms with Crippen LogP contribution in [0.3, 0.4) is 0 Å². The van der Waals surface area contributed by atoms with Crippen molar-refractivity contribution in [3.8, 4) is 5.75 Å². The fourth-order valence-electron chi connectivity index (χ4n) is 3.47. The average molecular weight is 359 g/mol. The number of benzene rings is 1. The first-order valence-electron chi connectivity index (χ1n) is 10.2. The van der Waals surface area contributed by atoms with Crippen LogP contribution in [0.1, 0.15) is 81.8 Å². The third-order valence-corrected chi connectivity index (χ3v) is 4.83. The van der Waals surface area contributed by atoms with Gasteiger partial charge in [0.1, 0.15) is 5.75 Å². The van der Waals surface area contributed by atoms with Crippen LogP contribution in [0.25, 0.3) is 0 Å². The van der Waals surface area contributed by atoms with Crippen molar-refractivity contribution in [1.82, 2.24) is 5.43 Å². The van der Waals surface area contributed by atoms with Gasteiger partial charge in [-0.3, -0.25) is 4.79 Å². The van der Waals surface area contributed by atoms with Crippen LogP contribution in [-0.4, -0.2) is 18.2 Å². The monoisotopic (exact) mass is 358 g/mol. The summed E-state index contributed by atoms with van der Waals surface area (Å²) in [6.45, 7) is 4.05. The molecule has 0 atom stereocenters. The van der Waals surface area contributed by atoms with Gasteiger partial charge in [-0.15, -0.1) is 0 Å². The Hall–Kier alpha value is -1.84. The highest BCUT2D eigenvalue weighted by Gasteiger charge is 2.06. The third-order valence-electron chi connectivity index (χ3n) is 4.83. The highest BCUT2D eigenvalue weighted by atomic mass is 16.5. The van der Waals surface area contributed by atoms with Crippen molar-refractivity contribution in [2.45, 2.75) is 84.5 Å². The van der Waals surface area contributed by atoms with Gasteiger partial charge in [-0.25, -0.2) is 5.43 Å². The van der Waals surface area contributed by atoms with E-state index in [0.717, 1.165) is 35.4 Å². The molecule has 0 spiro atoms. The summed E-state index contributed by atoms with van der Waals surface area (Å²) in [4.78, 5) is 12.1. The highest BCUT2D eigenvalue weighted by molar-refractivity contribution is 5.86. The van der Waals surface area contributed by atoms with E-state index in [4.69, 9.17) is 4.74 Å². The van der Waals surface area contributed by atoms with Gasteiger partial charge >= 0.3 is 0 Å². The van der Waals surface area contributed by atoms with Gasteiger partial charge in [-0.1, -0.05) is 51.0 Å². The second kappa shape index (κ2) is 11.7. The van der Waals surface area contributed by atoms with Crippen LogP contribution in [-0.2, 0) is 4.79 Å². The van der Waals surface area contributed by atoms with E-state index in [0.29, 0.717) is 0 Å². The van der Waals surface area contributed by atoms with Gasteiger partial charge in [-0.05, 0) is 62.8 Å². The van der Waals surface area contributed by atoms with Gasteiger partial charge in [0, 0.05) is 5.71 Å². The van der Waals surface area contributed by atoms with Gasteiger partial charge < -0.3 is 4.74 Å². The standard InChI is InChI=1S/C22H34N2O2/c1-18-14-19(2)16-21(15-18)26-17-22(25)24-23-20-12-10-8-6-4-3-5-7-9-11-13-20/h14-16H,3-13,17H2,1-2H3,(H,24,25). The summed E-state index contributed by atoms with van der Waals surface area (Å²) in [5, 5.41) is 4.40. The van der Waals surface area contributed by atoms with E-state index in [2.05, 4.69) is 16.6 Å². The first-order valence-corrected chi connectivity index (χ1v) is 10.2. The topological polar surface area (TPSA) is 50.7 Å². The first-order chi connectivity index (χ1) is 12.6. The highest BCUT2D eigenvalue weighted by Crippen LogP contribution is 2.16. The number of carbonyl (C=O) groups excluding carboxylic acids is 1. The van der Waals surface area contributed by atoms with Crippen LogP contribution in [0, 0.1) is 13.8 Å². The number of amides is 1. The molecule has 1 aliphatic carbocycles. The lowest BCUT2D eigenvalue weighted by Crippen LogP contribution is -2.26. The van der Waals surface area contributed by atoms with Crippen molar-refractivity contribution in [1.29, 1.82) is 0 Å². The first kappa shape index (κ1) is 20.5. The van der Waals surface area contributed by atoms with Crippen molar-refractivity contribution >= 4 is 11.6 Å². The Morgan fingerprint density at radius 1 is 0.885 bits per heavy atom. The van der Waals surface area contributed by atoms with E-state index in [-0.39, 0.29) is 12.5 Å². The van der Waals surface area contributed by atoms with Gasteiger partial charge in [0.15, 0.2) is 6.61 Å². The molecule has 1 saturated carbocycles. The molecular formula is C22H34N2O2. The molecule has 1 N–H and O–H groups in total. The molecule has 4 heteroatoms. The van der Waals surface area contributed by atoms with Crippen LogP contribution in [0.15, 0.2) is 23.3 Å². The summed E-state index contributed by atoms with van der Waals surface area (Å²) in [5.41, 5.74) is 6.08. The summed E-state index contributed by atoms with van der Waals surface area (Å²) in [6, 6.07) is 5.97. The Bertz CT molecular complexity index is 562. The van der Waals surface area contributed by atoms with Gasteiger partial charge in [-0.2, -0.15) is 5.10 Å². The molecule has 0 heterocycles. The number of nitrogens with zero attached hydrogens (tertiary/aromatic N) is 1. The van der Waals surface area contributed by atoms with Crippen molar-refractivity contribution < 1.29 is 9.53 Å². The zero-order valence-electron chi connectivity index (χ0n) is 16.5. The molecule has 1 aliphatic rings. The lowest BCUT2D eigenvalue weighted by Gasteiger charge is -2.10. The van der Waals surface area contributed by atoms with E-state index in [9.17, 15) is 4.79 Å². The zero-order valence-corrected chi connectivity index (χ0v) is 16.5. The number of nitrogens with one attached hydrogen (secondary N) is 1. The summed E-state index contributed by atoms with van der Waals surface area (Å²) in [7, 11) is 0. The second-order valence-electron chi connectivity index (χ2n) is 7.51. The predicted molar refractivity (Wildman–Crippen MR) is 108 cm³/mol. The lowest BCUT2D eigenvalue weighted by molar-refractivity contribution is -0.123. The minimum Gasteiger partial charge on any atom is -0.484 e. The Balaban J connectivity index is 1.79. The average Bonchev–Trinajstić information content (AvgIpc) is 2.59. The molecule has 2 rings (SSSR count). The Labute approximate surface area is 158 Å². The van der Waals surface area contributed by atoms with E-state index in [1.54, 1.807) is 0 Å².